The Morgan fingerprint density at radius 1 is 1.23 bits per heavy atom. The normalized spacial score (nSPS) is 10.2. The summed E-state index contributed by atoms with van der Waals surface area (Å²) in [6, 6.07) is 7.18. The fourth-order valence-electron chi connectivity index (χ4n) is 1.80. The average molecular weight is 327 g/mol. The molecule has 0 unspecified atom stereocenters. The Morgan fingerprint density at radius 2 is 2.00 bits per heavy atom. The highest BCUT2D eigenvalue weighted by Gasteiger charge is 2.09. The van der Waals surface area contributed by atoms with E-state index in [9.17, 15) is 13.6 Å². The quantitative estimate of drug-likeness (QED) is 0.894. The first-order valence-electron chi connectivity index (χ1n) is 6.32. The largest absolute Gasteiger partial charge is 0.495 e. The number of benzene rings is 2. The molecule has 2 rings (SSSR count). The van der Waals surface area contributed by atoms with Gasteiger partial charge in [0.1, 0.15) is 17.4 Å². The van der Waals surface area contributed by atoms with E-state index >= 15 is 0 Å². The van der Waals surface area contributed by atoms with E-state index in [-0.39, 0.29) is 12.1 Å². The Hall–Kier alpha value is -2.34. The first kappa shape index (κ1) is 16.0. The summed E-state index contributed by atoms with van der Waals surface area (Å²) in [5.41, 5.74) is 0.417. The molecular weight excluding hydrogens is 314 g/mol. The zero-order valence-electron chi connectivity index (χ0n) is 11.6. The number of halogens is 3. The number of anilines is 1. The van der Waals surface area contributed by atoms with Crippen LogP contribution in [0.4, 0.5) is 19.3 Å². The van der Waals surface area contributed by atoms with E-state index in [1.807, 2.05) is 0 Å². The van der Waals surface area contributed by atoms with E-state index in [2.05, 4.69) is 10.6 Å². The summed E-state index contributed by atoms with van der Waals surface area (Å²) in [7, 11) is 1.45. The van der Waals surface area contributed by atoms with E-state index < -0.39 is 17.7 Å². The first-order chi connectivity index (χ1) is 10.5. The molecule has 0 aliphatic carbocycles. The Morgan fingerprint density at radius 3 is 2.73 bits per heavy atom. The van der Waals surface area contributed by atoms with Gasteiger partial charge in [0.2, 0.25) is 0 Å². The molecule has 0 saturated heterocycles. The minimum atomic E-state index is -0.595. The lowest BCUT2D eigenvalue weighted by atomic mass is 10.2. The summed E-state index contributed by atoms with van der Waals surface area (Å²) in [5, 5.41) is 5.39. The fourth-order valence-corrected chi connectivity index (χ4v) is 1.97. The predicted molar refractivity (Wildman–Crippen MR) is 80.2 cm³/mol. The third-order valence-corrected chi connectivity index (χ3v) is 3.09. The molecule has 0 atom stereocenters. The van der Waals surface area contributed by atoms with Crippen LogP contribution in [0.3, 0.4) is 0 Å². The van der Waals surface area contributed by atoms with Gasteiger partial charge >= 0.3 is 6.03 Å². The van der Waals surface area contributed by atoms with Crippen molar-refractivity contribution in [2.75, 3.05) is 12.4 Å². The van der Waals surface area contributed by atoms with Crippen molar-refractivity contribution in [3.63, 3.8) is 0 Å². The summed E-state index contributed by atoms with van der Waals surface area (Å²) in [6.07, 6.45) is 0. The molecule has 0 fully saturated rings. The minimum Gasteiger partial charge on any atom is -0.495 e. The molecule has 116 valence electrons. The maximum Gasteiger partial charge on any atom is 0.319 e. The number of methoxy groups -OCH3 is 1. The molecule has 2 N–H and O–H groups in total. The highest BCUT2D eigenvalue weighted by atomic mass is 35.5. The molecule has 2 aromatic carbocycles. The zero-order chi connectivity index (χ0) is 16.1. The van der Waals surface area contributed by atoms with Gasteiger partial charge in [-0.1, -0.05) is 11.6 Å². The van der Waals surface area contributed by atoms with Gasteiger partial charge in [-0.15, -0.1) is 0 Å². The van der Waals surface area contributed by atoms with Crippen LogP contribution >= 0.6 is 11.6 Å². The van der Waals surface area contributed by atoms with Crippen molar-refractivity contribution in [1.82, 2.24) is 5.32 Å². The summed E-state index contributed by atoms with van der Waals surface area (Å²) >= 11 is 5.85. The van der Waals surface area contributed by atoms with Crippen molar-refractivity contribution in [2.24, 2.45) is 0 Å². The summed E-state index contributed by atoms with van der Waals surface area (Å²) in [6.45, 7) is -0.154. The number of nitrogens with one attached hydrogen (secondary N) is 2. The SMILES string of the molecule is COc1ccc(Cl)cc1NC(=O)NCc1cc(F)ccc1F. The Kier molecular flexibility index (Phi) is 5.16. The number of ether oxygens (including phenoxy) is 1. The Labute approximate surface area is 131 Å². The maximum atomic E-state index is 13.4. The second-order valence-corrected chi connectivity index (χ2v) is 4.82. The lowest BCUT2D eigenvalue weighted by Crippen LogP contribution is -2.28. The lowest BCUT2D eigenvalue weighted by Gasteiger charge is -2.12. The Balaban J connectivity index is 2.01. The number of hydrogen-bond acceptors (Lipinski definition) is 2. The molecule has 4 nitrogen and oxygen atoms in total. The van der Waals surface area contributed by atoms with Gasteiger partial charge in [-0.3, -0.25) is 0 Å². The second-order valence-electron chi connectivity index (χ2n) is 4.39. The monoisotopic (exact) mass is 326 g/mol. The van der Waals surface area contributed by atoms with Crippen LogP contribution in [0.2, 0.25) is 5.02 Å². The first-order valence-corrected chi connectivity index (χ1v) is 6.69. The number of carbonyl (C=O) groups is 1. The predicted octanol–water partition coefficient (Wildman–Crippen LogP) is 3.95. The third-order valence-electron chi connectivity index (χ3n) is 2.86. The molecule has 0 aliphatic heterocycles. The molecule has 2 amide bonds. The number of hydrogen-bond donors (Lipinski definition) is 2. The summed E-state index contributed by atoms with van der Waals surface area (Å²) in [5.74, 6) is -0.742. The van der Waals surface area contributed by atoms with Gasteiger partial charge in [0.25, 0.3) is 0 Å². The van der Waals surface area contributed by atoms with E-state index in [1.54, 1.807) is 12.1 Å². The van der Waals surface area contributed by atoms with Crippen molar-refractivity contribution in [2.45, 2.75) is 6.54 Å². The van der Waals surface area contributed by atoms with E-state index in [0.717, 1.165) is 18.2 Å². The number of rotatable bonds is 4. The van der Waals surface area contributed by atoms with E-state index in [4.69, 9.17) is 16.3 Å². The molecule has 2 aromatic rings. The van der Waals surface area contributed by atoms with E-state index in [1.165, 1.54) is 13.2 Å². The maximum absolute atomic E-state index is 13.4. The van der Waals surface area contributed by atoms with Gasteiger partial charge in [0, 0.05) is 17.1 Å². The number of amides is 2. The minimum absolute atomic E-state index is 0.0493. The van der Waals surface area contributed by atoms with Crippen LogP contribution in [-0.4, -0.2) is 13.1 Å². The van der Waals surface area contributed by atoms with Crippen LogP contribution in [-0.2, 0) is 6.54 Å². The van der Waals surface area contributed by atoms with Gasteiger partial charge in [-0.2, -0.15) is 0 Å². The fraction of sp³-hybridized carbons (Fsp3) is 0.133. The van der Waals surface area contributed by atoms with Gasteiger partial charge in [-0.05, 0) is 36.4 Å². The Bertz CT molecular complexity index is 695. The molecule has 7 heteroatoms. The number of carbonyl (C=O) groups excluding carboxylic acids is 1. The van der Waals surface area contributed by atoms with Crippen LogP contribution < -0.4 is 15.4 Å². The van der Waals surface area contributed by atoms with Crippen molar-refractivity contribution in [3.8, 4) is 5.75 Å². The average Bonchev–Trinajstić information content (AvgIpc) is 2.48. The highest BCUT2D eigenvalue weighted by molar-refractivity contribution is 6.31. The second kappa shape index (κ2) is 7.09. The third kappa shape index (κ3) is 4.08. The van der Waals surface area contributed by atoms with Gasteiger partial charge < -0.3 is 15.4 Å². The summed E-state index contributed by atoms with van der Waals surface area (Å²) in [4.78, 5) is 11.8. The number of urea groups is 1. The van der Waals surface area contributed by atoms with Crippen LogP contribution in [0, 0.1) is 11.6 Å². The highest BCUT2D eigenvalue weighted by Crippen LogP contribution is 2.27. The van der Waals surface area contributed by atoms with Crippen LogP contribution in [0.25, 0.3) is 0 Å². The van der Waals surface area contributed by atoms with Gasteiger partial charge in [0.15, 0.2) is 0 Å². The summed E-state index contributed by atoms with van der Waals surface area (Å²) < 4.78 is 31.6. The topological polar surface area (TPSA) is 50.4 Å². The zero-order valence-corrected chi connectivity index (χ0v) is 12.4. The van der Waals surface area contributed by atoms with Crippen LogP contribution in [0.15, 0.2) is 36.4 Å². The molecule has 0 spiro atoms. The van der Waals surface area contributed by atoms with Crippen molar-refractivity contribution >= 4 is 23.3 Å². The van der Waals surface area contributed by atoms with E-state index in [0.29, 0.717) is 16.5 Å². The van der Waals surface area contributed by atoms with Gasteiger partial charge in [-0.25, -0.2) is 13.6 Å². The lowest BCUT2D eigenvalue weighted by molar-refractivity contribution is 0.251. The van der Waals surface area contributed by atoms with Crippen LogP contribution in [0.1, 0.15) is 5.56 Å². The van der Waals surface area contributed by atoms with Crippen LogP contribution in [0.5, 0.6) is 5.75 Å². The van der Waals surface area contributed by atoms with Crippen molar-refractivity contribution in [3.05, 3.63) is 58.6 Å². The van der Waals surface area contributed by atoms with Gasteiger partial charge in [0.05, 0.1) is 12.8 Å². The van der Waals surface area contributed by atoms with Crippen molar-refractivity contribution < 1.29 is 18.3 Å². The molecule has 0 aliphatic rings. The molecule has 0 radical (unpaired) electrons. The van der Waals surface area contributed by atoms with Crippen molar-refractivity contribution in [1.29, 1.82) is 0 Å². The molecule has 0 heterocycles. The molecule has 0 bridgehead atoms. The molecule has 0 saturated carbocycles. The molecular formula is C15H13ClF2N2O2. The molecule has 22 heavy (non-hydrogen) atoms. The standard InChI is InChI=1S/C15H13ClF2N2O2/c1-22-14-5-2-10(16)7-13(14)20-15(21)19-8-9-6-11(17)3-4-12(9)18/h2-7H,8H2,1H3,(H2,19,20,21). The molecule has 0 aromatic heterocycles. The smallest absolute Gasteiger partial charge is 0.319 e.